The molecule has 21 heavy (non-hydrogen) atoms. The summed E-state index contributed by atoms with van der Waals surface area (Å²) >= 11 is 0. The zero-order valence-corrected chi connectivity index (χ0v) is 13.7. The molecule has 0 radical (unpaired) electrons. The number of hydrogen-bond acceptors (Lipinski definition) is 2. The van der Waals surface area contributed by atoms with Crippen molar-refractivity contribution in [2.45, 2.75) is 58.4 Å². The lowest BCUT2D eigenvalue weighted by Gasteiger charge is -2.23. The molecule has 1 aromatic rings. The Morgan fingerprint density at radius 3 is 2.86 bits per heavy atom. The van der Waals surface area contributed by atoms with Crippen molar-refractivity contribution < 1.29 is 0 Å². The zero-order chi connectivity index (χ0) is 14.7. The van der Waals surface area contributed by atoms with Crippen LogP contribution in [0.5, 0.6) is 0 Å². The van der Waals surface area contributed by atoms with Gasteiger partial charge in [0.15, 0.2) is 0 Å². The molecule has 1 N–H and O–H groups in total. The third kappa shape index (κ3) is 3.42. The Balaban J connectivity index is 1.66. The highest BCUT2D eigenvalue weighted by molar-refractivity contribution is 5.59. The van der Waals surface area contributed by atoms with E-state index in [2.05, 4.69) is 42.3 Å². The first-order valence-electron chi connectivity index (χ1n) is 8.89. The molecular formula is C19H30N2. The van der Waals surface area contributed by atoms with E-state index in [9.17, 15) is 0 Å². The summed E-state index contributed by atoms with van der Waals surface area (Å²) < 4.78 is 0. The molecule has 1 atom stereocenters. The summed E-state index contributed by atoms with van der Waals surface area (Å²) in [6.45, 7) is 8.13. The summed E-state index contributed by atoms with van der Waals surface area (Å²) in [6.07, 6.45) is 8.22. The summed E-state index contributed by atoms with van der Waals surface area (Å²) in [4.78, 5) is 2.64. The molecule has 0 saturated heterocycles. The van der Waals surface area contributed by atoms with Gasteiger partial charge in [-0.05, 0) is 62.3 Å². The normalized spacial score (nSPS) is 20.0. The van der Waals surface area contributed by atoms with E-state index in [-0.39, 0.29) is 0 Å². The molecule has 116 valence electrons. The second kappa shape index (κ2) is 6.83. The van der Waals surface area contributed by atoms with Gasteiger partial charge >= 0.3 is 0 Å². The van der Waals surface area contributed by atoms with Gasteiger partial charge in [0.05, 0.1) is 0 Å². The van der Waals surface area contributed by atoms with Gasteiger partial charge in [0.2, 0.25) is 0 Å². The average Bonchev–Trinajstić information content (AvgIpc) is 3.15. The zero-order valence-electron chi connectivity index (χ0n) is 13.7. The van der Waals surface area contributed by atoms with Crippen LogP contribution in [0.1, 0.15) is 63.1 Å². The van der Waals surface area contributed by atoms with Crippen LogP contribution in [0, 0.1) is 5.92 Å². The predicted molar refractivity (Wildman–Crippen MR) is 91.0 cm³/mol. The monoisotopic (exact) mass is 286 g/mol. The van der Waals surface area contributed by atoms with Crippen LogP contribution in [0.3, 0.4) is 0 Å². The molecule has 1 aromatic carbocycles. The Morgan fingerprint density at radius 1 is 1.29 bits per heavy atom. The van der Waals surface area contributed by atoms with Crippen molar-refractivity contribution in [1.82, 2.24) is 5.32 Å². The molecule has 2 heteroatoms. The van der Waals surface area contributed by atoms with E-state index in [1.807, 2.05) is 0 Å². The van der Waals surface area contributed by atoms with E-state index >= 15 is 0 Å². The fraction of sp³-hybridized carbons (Fsp3) is 0.684. The largest absolute Gasteiger partial charge is 0.371 e. The molecule has 1 aliphatic carbocycles. The van der Waals surface area contributed by atoms with Crippen molar-refractivity contribution in [3.8, 4) is 0 Å². The maximum atomic E-state index is 3.60. The van der Waals surface area contributed by atoms with Crippen LogP contribution >= 0.6 is 0 Å². The van der Waals surface area contributed by atoms with Crippen molar-refractivity contribution in [1.29, 1.82) is 0 Å². The van der Waals surface area contributed by atoms with E-state index in [0.717, 1.165) is 12.5 Å². The molecule has 1 fully saturated rings. The van der Waals surface area contributed by atoms with Gasteiger partial charge in [0.25, 0.3) is 0 Å². The lowest BCUT2D eigenvalue weighted by molar-refractivity contribution is 0.538. The van der Waals surface area contributed by atoms with Crippen LogP contribution in [-0.2, 0) is 6.42 Å². The molecular weight excluding hydrogens is 256 g/mol. The van der Waals surface area contributed by atoms with Crippen molar-refractivity contribution in [3.63, 3.8) is 0 Å². The second-order valence-electron chi connectivity index (χ2n) is 6.91. The van der Waals surface area contributed by atoms with Gasteiger partial charge in [0, 0.05) is 24.8 Å². The minimum atomic E-state index is 0.471. The summed E-state index contributed by atoms with van der Waals surface area (Å²) in [5.74, 6) is 0.945. The summed E-state index contributed by atoms with van der Waals surface area (Å²) in [5.41, 5.74) is 4.52. The fourth-order valence-electron chi connectivity index (χ4n) is 3.93. The molecule has 1 aliphatic heterocycles. The summed E-state index contributed by atoms with van der Waals surface area (Å²) in [5, 5.41) is 3.60. The first kappa shape index (κ1) is 14.9. The van der Waals surface area contributed by atoms with Gasteiger partial charge in [-0.25, -0.2) is 0 Å². The van der Waals surface area contributed by atoms with Crippen molar-refractivity contribution in [3.05, 3.63) is 29.3 Å². The summed E-state index contributed by atoms with van der Waals surface area (Å²) in [7, 11) is 0. The van der Waals surface area contributed by atoms with E-state index in [1.165, 1.54) is 62.9 Å². The standard InChI is InChI=1S/C19H30N2/c1-3-11-20-15(2)17-8-9-19-18(13-17)10-12-21(19)14-16-6-4-5-7-16/h8-9,13,15-16,20H,3-7,10-12,14H2,1-2H3. The topological polar surface area (TPSA) is 15.3 Å². The second-order valence-corrected chi connectivity index (χ2v) is 6.91. The molecule has 1 unspecified atom stereocenters. The van der Waals surface area contributed by atoms with E-state index in [0.29, 0.717) is 6.04 Å². The van der Waals surface area contributed by atoms with Crippen LogP contribution in [0.4, 0.5) is 5.69 Å². The molecule has 2 aliphatic rings. The van der Waals surface area contributed by atoms with Gasteiger partial charge in [-0.3, -0.25) is 0 Å². The number of benzene rings is 1. The number of fused-ring (bicyclic) bond motifs is 1. The maximum absolute atomic E-state index is 3.60. The number of rotatable bonds is 6. The lowest BCUT2D eigenvalue weighted by Crippen LogP contribution is -2.26. The number of nitrogens with one attached hydrogen (secondary N) is 1. The van der Waals surface area contributed by atoms with Crippen LogP contribution in [0.2, 0.25) is 0 Å². The smallest absolute Gasteiger partial charge is 0.0399 e. The Hall–Kier alpha value is -1.02. The van der Waals surface area contributed by atoms with Crippen LogP contribution < -0.4 is 10.2 Å². The minimum Gasteiger partial charge on any atom is -0.371 e. The number of hydrogen-bond donors (Lipinski definition) is 1. The van der Waals surface area contributed by atoms with Gasteiger partial charge in [-0.2, -0.15) is 0 Å². The van der Waals surface area contributed by atoms with Crippen LogP contribution in [0.25, 0.3) is 0 Å². The molecule has 0 amide bonds. The molecule has 1 saturated carbocycles. The molecule has 2 nitrogen and oxygen atoms in total. The van der Waals surface area contributed by atoms with E-state index in [4.69, 9.17) is 0 Å². The highest BCUT2D eigenvalue weighted by Gasteiger charge is 2.24. The maximum Gasteiger partial charge on any atom is 0.0399 e. The van der Waals surface area contributed by atoms with Gasteiger partial charge in [-0.15, -0.1) is 0 Å². The Bertz CT molecular complexity index is 463. The molecule has 0 spiro atoms. The average molecular weight is 286 g/mol. The predicted octanol–water partition coefficient (Wildman–Crippen LogP) is 4.30. The summed E-state index contributed by atoms with van der Waals surface area (Å²) in [6, 6.07) is 7.62. The Morgan fingerprint density at radius 2 is 2.10 bits per heavy atom. The number of nitrogens with zero attached hydrogens (tertiary/aromatic N) is 1. The first-order valence-corrected chi connectivity index (χ1v) is 8.89. The van der Waals surface area contributed by atoms with E-state index < -0.39 is 0 Å². The third-order valence-corrected chi connectivity index (χ3v) is 5.25. The minimum absolute atomic E-state index is 0.471. The molecule has 1 heterocycles. The fourth-order valence-corrected chi connectivity index (χ4v) is 3.93. The molecule has 3 rings (SSSR count). The molecule has 0 bridgehead atoms. The Labute approximate surface area is 129 Å². The van der Waals surface area contributed by atoms with E-state index in [1.54, 1.807) is 5.56 Å². The van der Waals surface area contributed by atoms with Crippen LogP contribution in [0.15, 0.2) is 18.2 Å². The Kier molecular flexibility index (Phi) is 4.84. The number of anilines is 1. The highest BCUT2D eigenvalue weighted by atomic mass is 15.1. The van der Waals surface area contributed by atoms with Gasteiger partial charge in [0.1, 0.15) is 0 Å². The first-order chi connectivity index (χ1) is 10.3. The highest BCUT2D eigenvalue weighted by Crippen LogP contribution is 2.33. The molecule has 0 aromatic heterocycles. The lowest BCUT2D eigenvalue weighted by atomic mass is 10.0. The third-order valence-electron chi connectivity index (χ3n) is 5.25. The van der Waals surface area contributed by atoms with Crippen LogP contribution in [-0.4, -0.2) is 19.6 Å². The van der Waals surface area contributed by atoms with Gasteiger partial charge in [-0.1, -0.05) is 31.9 Å². The van der Waals surface area contributed by atoms with Crippen molar-refractivity contribution in [2.24, 2.45) is 5.92 Å². The van der Waals surface area contributed by atoms with Gasteiger partial charge < -0.3 is 10.2 Å². The SMILES string of the molecule is CCCNC(C)c1ccc2c(c1)CCN2CC1CCCC1. The van der Waals surface area contributed by atoms with Crippen molar-refractivity contribution in [2.75, 3.05) is 24.5 Å². The quantitative estimate of drug-likeness (QED) is 0.838. The van der Waals surface area contributed by atoms with Crippen molar-refractivity contribution >= 4 is 5.69 Å².